The van der Waals surface area contributed by atoms with Gasteiger partial charge in [0.1, 0.15) is 0 Å². The molecular formula is C8H20Cl2N2. The number of nitrogens with zero attached hydrogens (tertiary/aromatic N) is 1. The van der Waals surface area contributed by atoms with Gasteiger partial charge in [0.05, 0.1) is 0 Å². The lowest BCUT2D eigenvalue weighted by atomic mass is 10.4. The van der Waals surface area contributed by atoms with Gasteiger partial charge >= 0.3 is 0 Å². The van der Waals surface area contributed by atoms with Crippen LogP contribution in [0.2, 0.25) is 0 Å². The Bertz CT molecular complexity index is 83.1. The van der Waals surface area contributed by atoms with Crippen LogP contribution < -0.4 is 5.73 Å². The highest BCUT2D eigenvalue weighted by atomic mass is 35.5. The molecule has 0 spiro atoms. The maximum atomic E-state index is 5.41. The average molecular weight is 215 g/mol. The van der Waals surface area contributed by atoms with Crippen LogP contribution in [0, 0.1) is 0 Å². The van der Waals surface area contributed by atoms with Crippen LogP contribution in [-0.2, 0) is 0 Å². The fourth-order valence-corrected chi connectivity index (χ4v) is 0.976. The molecule has 0 atom stereocenters. The third-order valence-corrected chi connectivity index (χ3v) is 1.37. The van der Waals surface area contributed by atoms with Crippen molar-refractivity contribution in [1.82, 2.24) is 4.90 Å². The van der Waals surface area contributed by atoms with Crippen LogP contribution >= 0.6 is 24.8 Å². The molecular weight excluding hydrogens is 195 g/mol. The van der Waals surface area contributed by atoms with E-state index in [0.717, 1.165) is 26.2 Å². The van der Waals surface area contributed by atoms with Crippen LogP contribution in [0.4, 0.5) is 0 Å². The zero-order chi connectivity index (χ0) is 7.82. The smallest absolute Gasteiger partial charge is 0.0161 e. The molecule has 0 saturated heterocycles. The molecule has 0 aliphatic heterocycles. The van der Waals surface area contributed by atoms with Crippen LogP contribution in [0.1, 0.15) is 13.3 Å². The summed E-state index contributed by atoms with van der Waals surface area (Å²) in [5.41, 5.74) is 5.41. The number of hydrogen-bond donors (Lipinski definition) is 1. The number of halogens is 2. The second kappa shape index (κ2) is 13.8. The van der Waals surface area contributed by atoms with E-state index in [9.17, 15) is 0 Å². The van der Waals surface area contributed by atoms with Crippen LogP contribution in [0.3, 0.4) is 0 Å². The Hall–Kier alpha value is 0.240. The summed E-state index contributed by atoms with van der Waals surface area (Å²) in [5.74, 6) is 0. The quantitative estimate of drug-likeness (QED) is 0.683. The van der Waals surface area contributed by atoms with Gasteiger partial charge in [-0.05, 0) is 13.0 Å². The number of rotatable bonds is 6. The Morgan fingerprint density at radius 2 is 1.92 bits per heavy atom. The highest BCUT2D eigenvalue weighted by Crippen LogP contribution is 1.89. The maximum Gasteiger partial charge on any atom is 0.0161 e. The second-order valence-corrected chi connectivity index (χ2v) is 2.38. The van der Waals surface area contributed by atoms with Gasteiger partial charge in [0, 0.05) is 19.6 Å². The summed E-state index contributed by atoms with van der Waals surface area (Å²) in [5, 5.41) is 0. The predicted octanol–water partition coefficient (Wildman–Crippen LogP) is 1.69. The molecule has 12 heavy (non-hydrogen) atoms. The lowest BCUT2D eigenvalue weighted by Gasteiger charge is -2.17. The van der Waals surface area contributed by atoms with Gasteiger partial charge in [-0.3, -0.25) is 4.90 Å². The van der Waals surface area contributed by atoms with E-state index < -0.39 is 0 Å². The Morgan fingerprint density at radius 1 is 1.33 bits per heavy atom. The van der Waals surface area contributed by atoms with E-state index in [4.69, 9.17) is 5.73 Å². The molecule has 4 heteroatoms. The first-order valence-corrected chi connectivity index (χ1v) is 3.88. The van der Waals surface area contributed by atoms with Crippen molar-refractivity contribution >= 4 is 24.8 Å². The van der Waals surface area contributed by atoms with Gasteiger partial charge in [0.2, 0.25) is 0 Å². The van der Waals surface area contributed by atoms with Crippen LogP contribution in [0.15, 0.2) is 12.7 Å². The van der Waals surface area contributed by atoms with Gasteiger partial charge in [-0.2, -0.15) is 0 Å². The highest BCUT2D eigenvalue weighted by molar-refractivity contribution is 5.85. The van der Waals surface area contributed by atoms with E-state index in [1.165, 1.54) is 6.42 Å². The van der Waals surface area contributed by atoms with E-state index >= 15 is 0 Å². The van der Waals surface area contributed by atoms with Gasteiger partial charge in [-0.25, -0.2) is 0 Å². The van der Waals surface area contributed by atoms with E-state index in [1.807, 2.05) is 6.08 Å². The molecule has 0 rings (SSSR count). The fourth-order valence-electron chi connectivity index (χ4n) is 0.976. The zero-order valence-electron chi connectivity index (χ0n) is 7.66. The summed E-state index contributed by atoms with van der Waals surface area (Å²) >= 11 is 0. The molecule has 0 radical (unpaired) electrons. The summed E-state index contributed by atoms with van der Waals surface area (Å²) in [4.78, 5) is 2.30. The topological polar surface area (TPSA) is 29.3 Å². The van der Waals surface area contributed by atoms with Crippen molar-refractivity contribution in [1.29, 1.82) is 0 Å². The van der Waals surface area contributed by atoms with Crippen molar-refractivity contribution in [2.45, 2.75) is 13.3 Å². The lowest BCUT2D eigenvalue weighted by Crippen LogP contribution is -2.30. The predicted molar refractivity (Wildman–Crippen MR) is 60.5 cm³/mol. The third-order valence-electron chi connectivity index (χ3n) is 1.37. The summed E-state index contributed by atoms with van der Waals surface area (Å²) in [6.45, 7) is 9.68. The van der Waals surface area contributed by atoms with E-state index in [0.29, 0.717) is 0 Å². The standard InChI is InChI=1S/C8H18N2.2ClH/c1-3-6-10(7-4-2)8-5-9;;/h3H,1,4-9H2,2H3;2*1H. The van der Waals surface area contributed by atoms with Crippen LogP contribution in [-0.4, -0.2) is 31.1 Å². The molecule has 76 valence electrons. The normalized spacial score (nSPS) is 8.58. The van der Waals surface area contributed by atoms with Crippen molar-refractivity contribution in [3.05, 3.63) is 12.7 Å². The molecule has 0 heterocycles. The van der Waals surface area contributed by atoms with Crippen molar-refractivity contribution in [2.75, 3.05) is 26.2 Å². The summed E-state index contributed by atoms with van der Waals surface area (Å²) in [6.07, 6.45) is 3.11. The lowest BCUT2D eigenvalue weighted by molar-refractivity contribution is 0.312. The minimum atomic E-state index is 0. The fraction of sp³-hybridized carbons (Fsp3) is 0.750. The van der Waals surface area contributed by atoms with Gasteiger partial charge < -0.3 is 5.73 Å². The first-order chi connectivity index (χ1) is 4.85. The molecule has 0 bridgehead atoms. The monoisotopic (exact) mass is 214 g/mol. The van der Waals surface area contributed by atoms with Gasteiger partial charge in [0.25, 0.3) is 0 Å². The van der Waals surface area contributed by atoms with Crippen molar-refractivity contribution in [3.63, 3.8) is 0 Å². The second-order valence-electron chi connectivity index (χ2n) is 2.38. The van der Waals surface area contributed by atoms with Gasteiger partial charge in [-0.15, -0.1) is 31.4 Å². The summed E-state index contributed by atoms with van der Waals surface area (Å²) in [7, 11) is 0. The van der Waals surface area contributed by atoms with E-state index in [1.54, 1.807) is 0 Å². The number of nitrogens with two attached hydrogens (primary N) is 1. The molecule has 2 N–H and O–H groups in total. The highest BCUT2D eigenvalue weighted by Gasteiger charge is 1.97. The molecule has 0 aromatic carbocycles. The SMILES string of the molecule is C=CCN(CCC)CCN.Cl.Cl. The minimum Gasteiger partial charge on any atom is -0.329 e. The number of hydrogen-bond acceptors (Lipinski definition) is 2. The Kier molecular flexibility index (Phi) is 20.8. The molecule has 0 aliphatic carbocycles. The van der Waals surface area contributed by atoms with Crippen LogP contribution in [0.5, 0.6) is 0 Å². The Labute approximate surface area is 88.0 Å². The third kappa shape index (κ3) is 10.2. The maximum absolute atomic E-state index is 5.41. The van der Waals surface area contributed by atoms with E-state index in [-0.39, 0.29) is 24.8 Å². The van der Waals surface area contributed by atoms with Gasteiger partial charge in [0.15, 0.2) is 0 Å². The largest absolute Gasteiger partial charge is 0.329 e. The molecule has 0 amide bonds. The van der Waals surface area contributed by atoms with Crippen LogP contribution in [0.25, 0.3) is 0 Å². The first kappa shape index (κ1) is 18.1. The molecule has 0 aromatic rings. The van der Waals surface area contributed by atoms with Gasteiger partial charge in [-0.1, -0.05) is 13.0 Å². The molecule has 0 aromatic heterocycles. The average Bonchev–Trinajstić information content (AvgIpc) is 1.90. The molecule has 0 fully saturated rings. The van der Waals surface area contributed by atoms with Crippen molar-refractivity contribution in [2.24, 2.45) is 5.73 Å². The molecule has 0 aliphatic rings. The molecule has 0 saturated carbocycles. The minimum absolute atomic E-state index is 0. The van der Waals surface area contributed by atoms with E-state index in [2.05, 4.69) is 18.4 Å². The molecule has 2 nitrogen and oxygen atoms in total. The Balaban J connectivity index is -0.000000405. The van der Waals surface area contributed by atoms with Crippen molar-refractivity contribution < 1.29 is 0 Å². The summed E-state index contributed by atoms with van der Waals surface area (Å²) in [6, 6.07) is 0. The summed E-state index contributed by atoms with van der Waals surface area (Å²) < 4.78 is 0. The zero-order valence-corrected chi connectivity index (χ0v) is 9.29. The first-order valence-electron chi connectivity index (χ1n) is 3.88. The van der Waals surface area contributed by atoms with Crippen molar-refractivity contribution in [3.8, 4) is 0 Å². The Morgan fingerprint density at radius 3 is 2.25 bits per heavy atom. The molecule has 0 unspecified atom stereocenters.